The van der Waals surface area contributed by atoms with Crippen molar-refractivity contribution in [3.8, 4) is 0 Å². The summed E-state index contributed by atoms with van der Waals surface area (Å²) in [5.41, 5.74) is -0.0121. The number of hydrogen-bond acceptors (Lipinski definition) is 4. The highest BCUT2D eigenvalue weighted by atomic mass is 32.2. The van der Waals surface area contributed by atoms with Crippen LogP contribution < -0.4 is 5.32 Å². The normalized spacial score (nSPS) is 20.7. The van der Waals surface area contributed by atoms with Gasteiger partial charge in [0.2, 0.25) is 15.9 Å². The third-order valence-corrected chi connectivity index (χ3v) is 6.14. The van der Waals surface area contributed by atoms with Gasteiger partial charge in [0.05, 0.1) is 11.7 Å². The summed E-state index contributed by atoms with van der Waals surface area (Å²) in [4.78, 5) is 14.5. The molecule has 1 amide bonds. The molecule has 0 spiro atoms. The number of amides is 1. The number of hydrogen-bond donors (Lipinski definition) is 1. The topological polar surface area (TPSA) is 69.7 Å². The van der Waals surface area contributed by atoms with Gasteiger partial charge in [0.1, 0.15) is 0 Å². The van der Waals surface area contributed by atoms with Gasteiger partial charge in [-0.15, -0.1) is 0 Å². The first-order valence-electron chi connectivity index (χ1n) is 8.47. The van der Waals surface area contributed by atoms with Crippen molar-refractivity contribution in [3.05, 3.63) is 0 Å². The lowest BCUT2D eigenvalue weighted by atomic mass is 9.92. The molecule has 0 aromatic carbocycles. The lowest BCUT2D eigenvalue weighted by Gasteiger charge is -2.33. The Balaban J connectivity index is 2.57. The third kappa shape index (κ3) is 6.77. The maximum absolute atomic E-state index is 12.4. The van der Waals surface area contributed by atoms with E-state index in [1.54, 1.807) is 0 Å². The molecule has 0 aromatic rings. The van der Waals surface area contributed by atoms with E-state index in [9.17, 15) is 13.2 Å². The number of carbonyl (C=O) groups is 1. The fourth-order valence-electron chi connectivity index (χ4n) is 3.18. The monoisotopic (exact) mass is 347 g/mol. The third-order valence-electron chi connectivity index (χ3n) is 4.10. The van der Waals surface area contributed by atoms with Crippen LogP contribution in [0.4, 0.5) is 0 Å². The zero-order valence-electron chi connectivity index (χ0n) is 15.3. The highest BCUT2D eigenvalue weighted by Crippen LogP contribution is 2.21. The van der Waals surface area contributed by atoms with E-state index in [-0.39, 0.29) is 23.0 Å². The predicted molar refractivity (Wildman–Crippen MR) is 93.7 cm³/mol. The minimum absolute atomic E-state index is 0.0121. The van der Waals surface area contributed by atoms with Gasteiger partial charge in [-0.1, -0.05) is 20.8 Å². The van der Waals surface area contributed by atoms with Crippen molar-refractivity contribution in [3.63, 3.8) is 0 Å². The Morgan fingerprint density at radius 2 is 2.00 bits per heavy atom. The summed E-state index contributed by atoms with van der Waals surface area (Å²) in [5.74, 6) is -0.0872. The van der Waals surface area contributed by atoms with Gasteiger partial charge in [0.25, 0.3) is 0 Å². The van der Waals surface area contributed by atoms with Crippen LogP contribution >= 0.6 is 0 Å². The van der Waals surface area contributed by atoms with E-state index >= 15 is 0 Å². The van der Waals surface area contributed by atoms with Crippen LogP contribution in [0.1, 0.15) is 40.0 Å². The largest absolute Gasteiger partial charge is 0.355 e. The van der Waals surface area contributed by atoms with Crippen LogP contribution in [0.3, 0.4) is 0 Å². The van der Waals surface area contributed by atoms with Crippen LogP contribution in [0.5, 0.6) is 0 Å². The smallest absolute Gasteiger partial charge is 0.224 e. The zero-order valence-corrected chi connectivity index (χ0v) is 16.1. The Kier molecular flexibility index (Phi) is 7.48. The molecule has 1 heterocycles. The molecule has 23 heavy (non-hydrogen) atoms. The van der Waals surface area contributed by atoms with Crippen molar-refractivity contribution in [1.82, 2.24) is 14.5 Å². The van der Waals surface area contributed by atoms with E-state index < -0.39 is 10.0 Å². The van der Waals surface area contributed by atoms with E-state index in [0.29, 0.717) is 26.1 Å². The standard InChI is InChI=1S/C16H33N3O3S/c1-6-10-23(21,22)19-9-7-8-14(11-19)15(20)17-12-16(2,3)13-18(4)5/h14H,6-13H2,1-5H3,(H,17,20). The van der Waals surface area contributed by atoms with Crippen molar-refractivity contribution in [2.24, 2.45) is 11.3 Å². The molecule has 7 heteroatoms. The van der Waals surface area contributed by atoms with E-state index in [1.165, 1.54) is 4.31 Å². The SMILES string of the molecule is CCCS(=O)(=O)N1CCCC(C(=O)NCC(C)(C)CN(C)C)C1. The summed E-state index contributed by atoms with van der Waals surface area (Å²) in [6.07, 6.45) is 2.12. The molecule has 0 bridgehead atoms. The molecule has 6 nitrogen and oxygen atoms in total. The maximum Gasteiger partial charge on any atom is 0.224 e. The Bertz CT molecular complexity index is 489. The van der Waals surface area contributed by atoms with Gasteiger partial charge in [-0.05, 0) is 38.8 Å². The van der Waals surface area contributed by atoms with Gasteiger partial charge >= 0.3 is 0 Å². The molecule has 1 unspecified atom stereocenters. The van der Waals surface area contributed by atoms with E-state index in [4.69, 9.17) is 0 Å². The fourth-order valence-corrected chi connectivity index (χ4v) is 4.77. The molecule has 0 aromatic heterocycles. The Labute approximate surface area is 141 Å². The van der Waals surface area contributed by atoms with E-state index in [2.05, 4.69) is 24.1 Å². The molecule has 0 radical (unpaired) electrons. The minimum Gasteiger partial charge on any atom is -0.355 e. The average Bonchev–Trinajstić information content (AvgIpc) is 2.43. The molecule has 1 fully saturated rings. The van der Waals surface area contributed by atoms with Crippen LogP contribution in [0.2, 0.25) is 0 Å². The summed E-state index contributed by atoms with van der Waals surface area (Å²) >= 11 is 0. The van der Waals surface area contributed by atoms with Gasteiger partial charge < -0.3 is 10.2 Å². The van der Waals surface area contributed by atoms with Crippen molar-refractivity contribution in [2.75, 3.05) is 46.0 Å². The number of nitrogens with one attached hydrogen (secondary N) is 1. The molecular formula is C16H33N3O3S. The summed E-state index contributed by atoms with van der Waals surface area (Å²) in [5, 5.41) is 3.01. The van der Waals surface area contributed by atoms with Gasteiger partial charge in [-0.3, -0.25) is 4.79 Å². The molecule has 1 aliphatic rings. The van der Waals surface area contributed by atoms with E-state index in [0.717, 1.165) is 19.4 Å². The van der Waals surface area contributed by atoms with Crippen LogP contribution in [0, 0.1) is 11.3 Å². The maximum atomic E-state index is 12.4. The highest BCUT2D eigenvalue weighted by molar-refractivity contribution is 7.89. The fraction of sp³-hybridized carbons (Fsp3) is 0.938. The highest BCUT2D eigenvalue weighted by Gasteiger charge is 2.32. The van der Waals surface area contributed by atoms with Crippen molar-refractivity contribution in [1.29, 1.82) is 0 Å². The van der Waals surface area contributed by atoms with Crippen LogP contribution in [-0.4, -0.2) is 69.6 Å². The van der Waals surface area contributed by atoms with E-state index in [1.807, 2.05) is 21.0 Å². The Morgan fingerprint density at radius 1 is 1.35 bits per heavy atom. The second-order valence-corrected chi connectivity index (χ2v) is 9.72. The van der Waals surface area contributed by atoms with Gasteiger partial charge in [0, 0.05) is 26.2 Å². The molecule has 0 saturated carbocycles. The number of sulfonamides is 1. The minimum atomic E-state index is -3.21. The Hall–Kier alpha value is -0.660. The first kappa shape index (κ1) is 20.4. The summed E-state index contributed by atoms with van der Waals surface area (Å²) in [6.45, 7) is 8.44. The van der Waals surface area contributed by atoms with Crippen LogP contribution in [0.25, 0.3) is 0 Å². The first-order valence-corrected chi connectivity index (χ1v) is 10.1. The van der Waals surface area contributed by atoms with Crippen molar-refractivity contribution >= 4 is 15.9 Å². The second-order valence-electron chi connectivity index (χ2n) is 7.63. The molecule has 136 valence electrons. The van der Waals surface area contributed by atoms with Crippen LogP contribution in [-0.2, 0) is 14.8 Å². The lowest BCUT2D eigenvalue weighted by molar-refractivity contribution is -0.126. The average molecular weight is 348 g/mol. The van der Waals surface area contributed by atoms with Gasteiger partial charge in [0.15, 0.2) is 0 Å². The lowest BCUT2D eigenvalue weighted by Crippen LogP contribution is -2.48. The number of nitrogens with zero attached hydrogens (tertiary/aromatic N) is 2. The Morgan fingerprint density at radius 3 is 2.57 bits per heavy atom. The number of piperidine rings is 1. The quantitative estimate of drug-likeness (QED) is 0.715. The second kappa shape index (κ2) is 8.44. The number of rotatable bonds is 8. The summed E-state index contributed by atoms with van der Waals surface area (Å²) in [6, 6.07) is 0. The summed E-state index contributed by atoms with van der Waals surface area (Å²) in [7, 11) is 0.818. The molecule has 1 N–H and O–H groups in total. The molecule has 1 aliphatic heterocycles. The number of carbonyl (C=O) groups excluding carboxylic acids is 1. The molecule has 1 rings (SSSR count). The van der Waals surface area contributed by atoms with Crippen molar-refractivity contribution < 1.29 is 13.2 Å². The van der Waals surface area contributed by atoms with Crippen LogP contribution in [0.15, 0.2) is 0 Å². The first-order chi connectivity index (χ1) is 10.6. The predicted octanol–water partition coefficient (Wildman–Crippen LogP) is 1.14. The van der Waals surface area contributed by atoms with Gasteiger partial charge in [-0.2, -0.15) is 0 Å². The summed E-state index contributed by atoms with van der Waals surface area (Å²) < 4.78 is 25.9. The molecular weight excluding hydrogens is 314 g/mol. The molecule has 1 saturated heterocycles. The zero-order chi connectivity index (χ0) is 17.7. The van der Waals surface area contributed by atoms with Crippen molar-refractivity contribution in [2.45, 2.75) is 40.0 Å². The molecule has 1 atom stereocenters. The molecule has 0 aliphatic carbocycles. The van der Waals surface area contributed by atoms with Gasteiger partial charge in [-0.25, -0.2) is 12.7 Å².